The van der Waals surface area contributed by atoms with Crippen LogP contribution in [-0.4, -0.2) is 138 Å². The molecule has 0 radical (unpaired) electrons. The van der Waals surface area contributed by atoms with E-state index in [4.69, 9.17) is 34.2 Å². The normalized spacial score (nSPS) is 21.6. The van der Waals surface area contributed by atoms with E-state index in [0.717, 1.165) is 30.8 Å². The number of pyridine rings is 4. The lowest BCUT2D eigenvalue weighted by atomic mass is 10.1. The number of halogens is 6. The van der Waals surface area contributed by atoms with E-state index in [2.05, 4.69) is 40.4 Å². The monoisotopic (exact) mass is 1070 g/mol. The highest BCUT2D eigenvalue weighted by molar-refractivity contribution is 6.05. The summed E-state index contributed by atoms with van der Waals surface area (Å²) in [7, 11) is 0. The summed E-state index contributed by atoms with van der Waals surface area (Å²) in [4.78, 5) is 60.5. The molecule has 4 fully saturated rings. The minimum absolute atomic E-state index is 0.0376. The van der Waals surface area contributed by atoms with Crippen LogP contribution in [0.15, 0.2) is 48.8 Å². The fourth-order valence-electron chi connectivity index (χ4n) is 9.62. The van der Waals surface area contributed by atoms with Crippen molar-refractivity contribution in [3.8, 4) is 11.5 Å². The molecule has 4 aromatic rings. The Morgan fingerprint density at radius 2 is 1.29 bits per heavy atom. The van der Waals surface area contributed by atoms with Crippen molar-refractivity contribution >= 4 is 52.2 Å². The SMILES string of the molecule is CC1(C)OC[C@H](COc2ccnc(N)c2)O1.Cc1cc(C(=O)CCC(F)(F)F)nc2c1N1CC[C@@H](C1)N2.Cc1cc(C(=O)CCC(F)(F)F)nc2c1N1CC[C@@H](C1)N2C(=O)Nc1cc(OC[C@H]2COC(C)(C)O2)ccn1. The van der Waals surface area contributed by atoms with Crippen molar-refractivity contribution in [3.05, 3.63) is 71.3 Å². The summed E-state index contributed by atoms with van der Waals surface area (Å²) in [5, 5.41) is 6.05. The van der Waals surface area contributed by atoms with Crippen molar-refractivity contribution in [1.29, 1.82) is 0 Å². The molecule has 0 unspecified atom stereocenters. The van der Waals surface area contributed by atoms with Crippen LogP contribution < -0.4 is 40.5 Å². The number of ether oxygens (including phenoxy) is 6. The van der Waals surface area contributed by atoms with Crippen molar-refractivity contribution < 1.29 is 69.1 Å². The summed E-state index contributed by atoms with van der Waals surface area (Å²) in [5.41, 5.74) is 8.77. The van der Waals surface area contributed by atoms with Crippen LogP contribution in [0.4, 0.5) is 65.8 Å². The van der Waals surface area contributed by atoms with Crippen molar-refractivity contribution in [2.75, 3.05) is 83.7 Å². The maximum absolute atomic E-state index is 13.5. The zero-order valence-electron chi connectivity index (χ0n) is 43.0. The summed E-state index contributed by atoms with van der Waals surface area (Å²) < 4.78 is 108. The number of nitrogen functional groups attached to an aromatic ring is 1. The maximum atomic E-state index is 13.5. The number of nitrogens with two attached hydrogens (primary N) is 1. The first-order valence-corrected chi connectivity index (χ1v) is 24.9. The summed E-state index contributed by atoms with van der Waals surface area (Å²) in [5.74, 6) is 0.285. The Bertz CT molecular complexity index is 2770. The minimum Gasteiger partial charge on any atom is -0.491 e. The number of rotatable bonds is 13. The van der Waals surface area contributed by atoms with E-state index in [9.17, 15) is 40.7 Å². The molecule has 10 rings (SSSR count). The van der Waals surface area contributed by atoms with Crippen molar-refractivity contribution in [2.45, 2.75) is 128 Å². The third kappa shape index (κ3) is 14.5. The van der Waals surface area contributed by atoms with E-state index >= 15 is 0 Å². The minimum atomic E-state index is -4.45. The molecule has 4 atom stereocenters. The van der Waals surface area contributed by atoms with Gasteiger partial charge in [0.1, 0.15) is 59.9 Å². The largest absolute Gasteiger partial charge is 0.491 e. The summed E-state index contributed by atoms with van der Waals surface area (Å²) >= 11 is 0. The van der Waals surface area contributed by atoms with Crippen LogP contribution in [0.3, 0.4) is 0 Å². The average molecular weight is 1070 g/mol. The van der Waals surface area contributed by atoms with Gasteiger partial charge in [0.05, 0.1) is 43.5 Å². The number of urea groups is 1. The molecule has 0 aromatic carbocycles. The molecule has 0 saturated carbocycles. The Morgan fingerprint density at radius 1 is 0.750 bits per heavy atom. The predicted molar refractivity (Wildman–Crippen MR) is 267 cm³/mol. The highest BCUT2D eigenvalue weighted by atomic mass is 19.4. The highest BCUT2D eigenvalue weighted by Crippen LogP contribution is 2.42. The van der Waals surface area contributed by atoms with Gasteiger partial charge in [-0.15, -0.1) is 0 Å². The van der Waals surface area contributed by atoms with Gasteiger partial charge in [0, 0.05) is 69.6 Å². The van der Waals surface area contributed by atoms with Crippen LogP contribution in [0.1, 0.15) is 98.3 Å². The third-order valence-corrected chi connectivity index (χ3v) is 13.1. The second-order valence-electron chi connectivity index (χ2n) is 20.2. The third-order valence-electron chi connectivity index (χ3n) is 13.1. The first kappa shape index (κ1) is 55.7. The van der Waals surface area contributed by atoms with Gasteiger partial charge in [-0.1, -0.05) is 0 Å². The smallest absolute Gasteiger partial charge is 0.389 e. The number of alkyl halides is 6. The first-order valence-electron chi connectivity index (χ1n) is 24.9. The molecule has 6 aliphatic rings. The van der Waals surface area contributed by atoms with Gasteiger partial charge in [-0.25, -0.2) is 24.7 Å². The zero-order chi connectivity index (χ0) is 54.7. The molecule has 4 aromatic heterocycles. The van der Waals surface area contributed by atoms with Gasteiger partial charge in [0.25, 0.3) is 0 Å². The van der Waals surface area contributed by atoms with E-state index in [1.807, 2.05) is 34.6 Å². The molecule has 76 heavy (non-hydrogen) atoms. The fraction of sp³-hybridized carbons (Fsp3) is 0.549. The number of carbonyl (C=O) groups is 3. The fourth-order valence-corrected chi connectivity index (χ4v) is 9.62. The first-order chi connectivity index (χ1) is 35.8. The molecule has 0 spiro atoms. The number of Topliss-reactive ketones (excluding diaryl/α,β-unsaturated/α-hetero) is 2. The lowest BCUT2D eigenvalue weighted by Gasteiger charge is -2.36. The van der Waals surface area contributed by atoms with Gasteiger partial charge in [-0.05, 0) is 89.8 Å². The molecular weight excluding hydrogens is 1010 g/mol. The number of anilines is 6. The number of ketones is 2. The Kier molecular flexibility index (Phi) is 16.5. The molecule has 19 nitrogen and oxygen atoms in total. The van der Waals surface area contributed by atoms with Crippen molar-refractivity contribution in [1.82, 2.24) is 19.9 Å². The van der Waals surface area contributed by atoms with Gasteiger partial charge < -0.3 is 49.3 Å². The predicted octanol–water partition coefficient (Wildman–Crippen LogP) is 8.58. The van der Waals surface area contributed by atoms with E-state index in [1.54, 1.807) is 43.5 Å². The number of amides is 2. The molecule has 4 N–H and O–H groups in total. The van der Waals surface area contributed by atoms with Crippen LogP contribution in [0.25, 0.3) is 0 Å². The van der Waals surface area contributed by atoms with E-state index < -0.39 is 67.2 Å². The number of aryl methyl sites for hydroxylation is 2. The van der Waals surface area contributed by atoms with Crippen LogP contribution >= 0.6 is 0 Å². The number of nitrogens with one attached hydrogen (secondary N) is 2. The molecule has 4 bridgehead atoms. The summed E-state index contributed by atoms with van der Waals surface area (Å²) in [6.07, 6.45) is -7.84. The molecule has 25 heteroatoms. The Balaban J connectivity index is 0.000000172. The highest BCUT2D eigenvalue weighted by Gasteiger charge is 2.42. The Labute approximate surface area is 435 Å². The van der Waals surface area contributed by atoms with Gasteiger partial charge in [0.15, 0.2) is 34.8 Å². The number of nitrogens with zero attached hydrogens (tertiary/aromatic N) is 7. The number of carbonyl (C=O) groups excluding carboxylic acids is 3. The zero-order valence-corrected chi connectivity index (χ0v) is 43.0. The quantitative estimate of drug-likeness (QED) is 0.0843. The number of aromatic nitrogens is 4. The van der Waals surface area contributed by atoms with Crippen LogP contribution in [0.5, 0.6) is 11.5 Å². The van der Waals surface area contributed by atoms with Crippen LogP contribution in [-0.2, 0) is 18.9 Å². The number of hydrogen-bond acceptors (Lipinski definition) is 17. The molecular formula is C51H62F6N10O9. The van der Waals surface area contributed by atoms with Gasteiger partial charge in [0.2, 0.25) is 0 Å². The number of fused-ring (bicyclic) bond motifs is 8. The van der Waals surface area contributed by atoms with Crippen LogP contribution in [0, 0.1) is 13.8 Å². The average Bonchev–Trinajstić information content (AvgIpc) is 4.12. The Hall–Kier alpha value is -6.57. The molecule has 412 valence electrons. The summed E-state index contributed by atoms with van der Waals surface area (Å²) in [6.45, 7) is 15.8. The van der Waals surface area contributed by atoms with Crippen LogP contribution in [0.2, 0.25) is 0 Å². The van der Waals surface area contributed by atoms with Gasteiger partial charge in [-0.3, -0.25) is 19.8 Å². The topological polar surface area (TPSA) is 218 Å². The van der Waals surface area contributed by atoms with Crippen molar-refractivity contribution in [3.63, 3.8) is 0 Å². The summed E-state index contributed by atoms with van der Waals surface area (Å²) in [6, 6.07) is 9.36. The van der Waals surface area contributed by atoms with Gasteiger partial charge in [-0.2, -0.15) is 26.3 Å². The lowest BCUT2D eigenvalue weighted by Crippen LogP contribution is -2.48. The second-order valence-corrected chi connectivity index (χ2v) is 20.2. The van der Waals surface area contributed by atoms with E-state index in [1.165, 1.54) is 17.2 Å². The van der Waals surface area contributed by atoms with E-state index in [-0.39, 0.29) is 47.9 Å². The lowest BCUT2D eigenvalue weighted by molar-refractivity contribution is -0.141. The molecule has 6 aliphatic heterocycles. The standard InChI is InChI=1S/C26H30F3N5O5.C14H16F3N3O.C11H16N2O3/c1-15-10-19(20(35)4-7-26(27,28)29)31-23-22(15)33-9-6-16(12-33)34(23)24(36)32-21-11-17(5-8-30-21)37-13-18-14-38-25(2,3)39-18;1-8-6-10(11(21)2-4-14(15,16)17)19-13-12(8)20-5-3-9(7-20)18-13;1-11(2)15-7-9(16-11)6-14-8-3-4-13-10(12)5-8/h5,8,10-11,16,18H,4,6-7,9,12-14H2,1-3H3,(H,30,32,36);6,9H,2-5,7H2,1H3,(H,18,19);3-5,9H,6-7H2,1-2H3,(H2,12,13)/t16-,18-;2*9-/m000/s1. The second kappa shape index (κ2) is 22.6. The molecule has 0 aliphatic carbocycles. The Morgan fingerprint density at radius 3 is 1.86 bits per heavy atom. The maximum Gasteiger partial charge on any atom is 0.389 e. The van der Waals surface area contributed by atoms with Gasteiger partial charge >= 0.3 is 18.4 Å². The number of hydrogen-bond donors (Lipinski definition) is 3. The van der Waals surface area contributed by atoms with Crippen molar-refractivity contribution in [2.24, 2.45) is 0 Å². The molecule has 10 heterocycles. The molecule has 2 amide bonds. The van der Waals surface area contributed by atoms with E-state index in [0.29, 0.717) is 79.8 Å². The molecule has 4 saturated heterocycles.